The fraction of sp³-hybridized carbons (Fsp3) is 0.727. The highest BCUT2D eigenvalue weighted by Crippen LogP contribution is 2.32. The van der Waals surface area contributed by atoms with Gasteiger partial charge in [-0.15, -0.1) is 0 Å². The minimum absolute atomic E-state index is 0.224. The fourth-order valence-electron chi connectivity index (χ4n) is 3.66. The van der Waals surface area contributed by atoms with E-state index in [1.807, 2.05) is 12.1 Å². The molecular formula is C22H39NO3. The first-order valence-corrected chi connectivity index (χ1v) is 10.1. The Morgan fingerprint density at radius 1 is 0.808 bits per heavy atom. The van der Waals surface area contributed by atoms with Crippen molar-refractivity contribution in [1.82, 2.24) is 0 Å². The van der Waals surface area contributed by atoms with Gasteiger partial charge in [-0.05, 0) is 43.4 Å². The standard InChI is InChI=1S/C22H39NO3/c1-5-6-7-8-9-10-13-20(22(24-2,25-3)26-4)14-11-12-19-15-17-21(23)18-16-19/h15-18,20H,5-14,23H2,1-4H3. The molecule has 0 aliphatic carbocycles. The maximum absolute atomic E-state index is 5.76. The molecule has 2 N–H and O–H groups in total. The van der Waals surface area contributed by atoms with Gasteiger partial charge in [0.1, 0.15) is 0 Å². The Bertz CT molecular complexity index is 449. The zero-order valence-electron chi connectivity index (χ0n) is 17.3. The molecule has 0 amide bonds. The third-order valence-electron chi connectivity index (χ3n) is 5.26. The van der Waals surface area contributed by atoms with E-state index in [9.17, 15) is 0 Å². The van der Waals surface area contributed by atoms with Gasteiger partial charge in [-0.1, -0.05) is 57.6 Å². The second kappa shape index (κ2) is 13.1. The van der Waals surface area contributed by atoms with Crippen LogP contribution >= 0.6 is 0 Å². The highest BCUT2D eigenvalue weighted by molar-refractivity contribution is 5.39. The monoisotopic (exact) mass is 365 g/mol. The van der Waals surface area contributed by atoms with E-state index >= 15 is 0 Å². The number of anilines is 1. The zero-order valence-corrected chi connectivity index (χ0v) is 17.3. The van der Waals surface area contributed by atoms with E-state index < -0.39 is 5.97 Å². The molecule has 0 aromatic heterocycles. The summed E-state index contributed by atoms with van der Waals surface area (Å²) in [7, 11) is 5.00. The van der Waals surface area contributed by atoms with Crippen LogP contribution in [-0.4, -0.2) is 27.3 Å². The summed E-state index contributed by atoms with van der Waals surface area (Å²) >= 11 is 0. The molecule has 1 rings (SSSR count). The summed E-state index contributed by atoms with van der Waals surface area (Å²) in [5, 5.41) is 0. The number of unbranched alkanes of at least 4 members (excludes halogenated alkanes) is 5. The molecular weight excluding hydrogens is 326 g/mol. The van der Waals surface area contributed by atoms with Crippen LogP contribution in [0.2, 0.25) is 0 Å². The lowest BCUT2D eigenvalue weighted by Gasteiger charge is -2.36. The molecule has 0 radical (unpaired) electrons. The van der Waals surface area contributed by atoms with Gasteiger partial charge in [0.15, 0.2) is 0 Å². The van der Waals surface area contributed by atoms with E-state index in [0.29, 0.717) is 0 Å². The molecule has 1 aromatic carbocycles. The molecule has 1 atom stereocenters. The Hall–Kier alpha value is -1.10. The Morgan fingerprint density at radius 3 is 1.92 bits per heavy atom. The molecule has 0 heterocycles. The van der Waals surface area contributed by atoms with Crippen molar-refractivity contribution in [2.24, 2.45) is 5.92 Å². The van der Waals surface area contributed by atoms with E-state index in [1.165, 1.54) is 44.1 Å². The number of nitrogen functional groups attached to an aromatic ring is 1. The first kappa shape index (κ1) is 22.9. The summed E-state index contributed by atoms with van der Waals surface area (Å²) in [5.41, 5.74) is 7.89. The molecule has 0 aliphatic rings. The van der Waals surface area contributed by atoms with Crippen LogP contribution in [0.15, 0.2) is 24.3 Å². The van der Waals surface area contributed by atoms with Gasteiger partial charge in [-0.3, -0.25) is 0 Å². The normalized spacial score (nSPS) is 13.1. The molecule has 0 bridgehead atoms. The number of benzene rings is 1. The Labute approximate surface area is 160 Å². The third-order valence-corrected chi connectivity index (χ3v) is 5.26. The van der Waals surface area contributed by atoms with Crippen LogP contribution in [0.4, 0.5) is 5.69 Å². The Balaban J connectivity index is 2.54. The smallest absolute Gasteiger partial charge is 0.285 e. The molecule has 1 unspecified atom stereocenters. The van der Waals surface area contributed by atoms with Gasteiger partial charge >= 0.3 is 0 Å². The van der Waals surface area contributed by atoms with Crippen molar-refractivity contribution in [3.63, 3.8) is 0 Å². The summed E-state index contributed by atoms with van der Waals surface area (Å²) < 4.78 is 17.0. The van der Waals surface area contributed by atoms with Crippen LogP contribution < -0.4 is 5.73 Å². The third kappa shape index (κ3) is 7.65. The van der Waals surface area contributed by atoms with Crippen molar-refractivity contribution in [1.29, 1.82) is 0 Å². The number of ether oxygens (including phenoxy) is 3. The zero-order chi connectivity index (χ0) is 19.3. The van der Waals surface area contributed by atoms with E-state index in [2.05, 4.69) is 19.1 Å². The van der Waals surface area contributed by atoms with Crippen LogP contribution in [0.25, 0.3) is 0 Å². The lowest BCUT2D eigenvalue weighted by Crippen LogP contribution is -2.44. The number of hydrogen-bond donors (Lipinski definition) is 1. The second-order valence-electron chi connectivity index (χ2n) is 7.10. The first-order chi connectivity index (χ1) is 12.6. The van der Waals surface area contributed by atoms with Gasteiger partial charge < -0.3 is 19.9 Å². The van der Waals surface area contributed by atoms with Crippen molar-refractivity contribution in [2.75, 3.05) is 27.1 Å². The highest BCUT2D eigenvalue weighted by Gasteiger charge is 2.39. The Kier molecular flexibility index (Phi) is 11.6. The van der Waals surface area contributed by atoms with Crippen molar-refractivity contribution in [2.45, 2.75) is 77.1 Å². The quantitative estimate of drug-likeness (QED) is 0.251. The summed E-state index contributed by atoms with van der Waals surface area (Å²) in [5.74, 6) is -0.715. The average Bonchev–Trinajstić information content (AvgIpc) is 2.67. The molecule has 0 spiro atoms. The summed E-state index contributed by atoms with van der Waals surface area (Å²) in [4.78, 5) is 0. The molecule has 1 aromatic rings. The summed E-state index contributed by atoms with van der Waals surface area (Å²) in [6, 6.07) is 8.14. The molecule has 0 fully saturated rings. The Morgan fingerprint density at radius 2 is 1.35 bits per heavy atom. The number of nitrogens with two attached hydrogens (primary N) is 1. The van der Waals surface area contributed by atoms with Gasteiger partial charge in [-0.25, -0.2) is 0 Å². The predicted molar refractivity (Wildman–Crippen MR) is 109 cm³/mol. The summed E-state index contributed by atoms with van der Waals surface area (Å²) in [6.07, 6.45) is 11.9. The van der Waals surface area contributed by atoms with E-state index in [-0.39, 0.29) is 5.92 Å². The maximum atomic E-state index is 5.76. The first-order valence-electron chi connectivity index (χ1n) is 10.1. The fourth-order valence-corrected chi connectivity index (χ4v) is 3.66. The minimum Gasteiger partial charge on any atom is -0.399 e. The van der Waals surface area contributed by atoms with E-state index in [1.54, 1.807) is 21.3 Å². The van der Waals surface area contributed by atoms with Crippen molar-refractivity contribution < 1.29 is 14.2 Å². The minimum atomic E-state index is -0.940. The van der Waals surface area contributed by atoms with Crippen molar-refractivity contribution >= 4 is 5.69 Å². The molecule has 4 heteroatoms. The number of hydrogen-bond acceptors (Lipinski definition) is 4. The summed E-state index contributed by atoms with van der Waals surface area (Å²) in [6.45, 7) is 2.25. The molecule has 0 aliphatic heterocycles. The maximum Gasteiger partial charge on any atom is 0.285 e. The number of rotatable bonds is 15. The van der Waals surface area contributed by atoms with Crippen LogP contribution in [0.5, 0.6) is 0 Å². The van der Waals surface area contributed by atoms with Gasteiger partial charge in [-0.2, -0.15) is 0 Å². The lowest BCUT2D eigenvalue weighted by atomic mass is 9.91. The molecule has 150 valence electrons. The van der Waals surface area contributed by atoms with Crippen LogP contribution in [-0.2, 0) is 20.6 Å². The largest absolute Gasteiger partial charge is 0.399 e. The van der Waals surface area contributed by atoms with Crippen LogP contribution in [0.3, 0.4) is 0 Å². The predicted octanol–water partition coefficient (Wildman–Crippen LogP) is 5.55. The number of aryl methyl sites for hydroxylation is 1. The van der Waals surface area contributed by atoms with Crippen LogP contribution in [0, 0.1) is 5.92 Å². The van der Waals surface area contributed by atoms with E-state index in [0.717, 1.165) is 31.4 Å². The van der Waals surface area contributed by atoms with Crippen molar-refractivity contribution in [3.05, 3.63) is 29.8 Å². The molecule has 4 nitrogen and oxygen atoms in total. The number of methoxy groups -OCH3 is 3. The second-order valence-corrected chi connectivity index (χ2v) is 7.10. The molecule has 0 saturated carbocycles. The van der Waals surface area contributed by atoms with Crippen molar-refractivity contribution in [3.8, 4) is 0 Å². The molecule has 26 heavy (non-hydrogen) atoms. The molecule has 0 saturated heterocycles. The van der Waals surface area contributed by atoms with Gasteiger partial charge in [0.05, 0.1) is 0 Å². The van der Waals surface area contributed by atoms with Gasteiger partial charge in [0, 0.05) is 32.9 Å². The highest BCUT2D eigenvalue weighted by atomic mass is 16.9. The SMILES string of the molecule is CCCCCCCCC(CCCc1ccc(N)cc1)C(OC)(OC)OC. The average molecular weight is 366 g/mol. The topological polar surface area (TPSA) is 53.7 Å². The van der Waals surface area contributed by atoms with Crippen LogP contribution in [0.1, 0.15) is 70.3 Å². The van der Waals surface area contributed by atoms with Gasteiger partial charge in [0.25, 0.3) is 5.97 Å². The van der Waals surface area contributed by atoms with Gasteiger partial charge in [0.2, 0.25) is 0 Å². The van der Waals surface area contributed by atoms with E-state index in [4.69, 9.17) is 19.9 Å². The lowest BCUT2D eigenvalue weighted by molar-refractivity contribution is -0.380.